The summed E-state index contributed by atoms with van der Waals surface area (Å²) in [5, 5.41) is 2.59. The lowest BCUT2D eigenvalue weighted by Crippen LogP contribution is -2.11. The van der Waals surface area contributed by atoms with Crippen LogP contribution in [0.25, 0.3) is 0 Å². The number of benzene rings is 1. The first kappa shape index (κ1) is 12.8. The molecule has 1 aromatic carbocycles. The number of hydrogen-bond donors (Lipinski definition) is 2. The van der Waals surface area contributed by atoms with Gasteiger partial charge in [-0.05, 0) is 46.3 Å². The van der Waals surface area contributed by atoms with E-state index in [0.29, 0.717) is 11.4 Å². The van der Waals surface area contributed by atoms with Gasteiger partial charge < -0.3 is 15.5 Å². The molecule has 0 saturated heterocycles. The highest BCUT2D eigenvalue weighted by Gasteiger charge is 2.11. The van der Waals surface area contributed by atoms with Gasteiger partial charge in [-0.1, -0.05) is 0 Å². The summed E-state index contributed by atoms with van der Waals surface area (Å²) in [6, 6.07) is 7.36. The molecule has 2 rings (SSSR count). The number of furan rings is 1. The fraction of sp³-hybridized carbons (Fsp3) is 0.0833. The number of amides is 1. The van der Waals surface area contributed by atoms with E-state index in [9.17, 15) is 9.18 Å². The minimum atomic E-state index is -0.409. The lowest BCUT2D eigenvalue weighted by Gasteiger charge is -2.04. The lowest BCUT2D eigenvalue weighted by atomic mass is 10.3. The fourth-order valence-corrected chi connectivity index (χ4v) is 1.76. The number of carbonyl (C=O) groups excluding carboxylic acids is 1. The Labute approximate surface area is 111 Å². The van der Waals surface area contributed by atoms with Gasteiger partial charge in [0.05, 0.1) is 11.0 Å². The third-order valence-electron chi connectivity index (χ3n) is 2.26. The van der Waals surface area contributed by atoms with Crippen LogP contribution in [0.15, 0.2) is 39.2 Å². The standard InChI is InChI=1S/C12H10BrFN2O2/c13-9-5-7(1-3-10(9)14)16-12(17)11-4-2-8(6-15)18-11/h1-5H,6,15H2,(H,16,17). The van der Waals surface area contributed by atoms with Crippen molar-refractivity contribution in [3.8, 4) is 0 Å². The number of rotatable bonds is 3. The number of hydrogen-bond acceptors (Lipinski definition) is 3. The molecule has 18 heavy (non-hydrogen) atoms. The fourth-order valence-electron chi connectivity index (χ4n) is 1.38. The monoisotopic (exact) mass is 312 g/mol. The number of anilines is 1. The first-order valence-corrected chi connectivity index (χ1v) is 5.94. The Morgan fingerprint density at radius 1 is 1.39 bits per heavy atom. The molecule has 0 aliphatic carbocycles. The number of nitrogens with one attached hydrogen (secondary N) is 1. The normalized spacial score (nSPS) is 10.4. The smallest absolute Gasteiger partial charge is 0.291 e. The molecular weight excluding hydrogens is 303 g/mol. The van der Waals surface area contributed by atoms with Gasteiger partial charge in [0.15, 0.2) is 5.76 Å². The maximum absolute atomic E-state index is 13.0. The second-order valence-corrected chi connectivity index (χ2v) is 4.41. The quantitative estimate of drug-likeness (QED) is 0.915. The molecule has 6 heteroatoms. The summed E-state index contributed by atoms with van der Waals surface area (Å²) in [5.74, 6) is -0.110. The predicted octanol–water partition coefficient (Wildman–Crippen LogP) is 2.89. The summed E-state index contributed by atoms with van der Waals surface area (Å²) >= 11 is 3.04. The lowest BCUT2D eigenvalue weighted by molar-refractivity contribution is 0.0995. The Balaban J connectivity index is 2.13. The first-order valence-electron chi connectivity index (χ1n) is 5.15. The van der Waals surface area contributed by atoms with Gasteiger partial charge in [0.1, 0.15) is 11.6 Å². The van der Waals surface area contributed by atoms with Crippen molar-refractivity contribution in [2.24, 2.45) is 5.73 Å². The van der Waals surface area contributed by atoms with Gasteiger partial charge in [0.2, 0.25) is 0 Å². The zero-order chi connectivity index (χ0) is 13.1. The zero-order valence-electron chi connectivity index (χ0n) is 9.24. The van der Waals surface area contributed by atoms with Crippen LogP contribution in [0.4, 0.5) is 10.1 Å². The Morgan fingerprint density at radius 2 is 2.17 bits per heavy atom. The molecule has 4 nitrogen and oxygen atoms in total. The maximum Gasteiger partial charge on any atom is 0.291 e. The molecule has 1 amide bonds. The highest BCUT2D eigenvalue weighted by molar-refractivity contribution is 9.10. The minimum Gasteiger partial charge on any atom is -0.455 e. The van der Waals surface area contributed by atoms with E-state index in [-0.39, 0.29) is 16.8 Å². The number of halogens is 2. The molecule has 94 valence electrons. The summed E-state index contributed by atoms with van der Waals surface area (Å²) in [6.45, 7) is 0.232. The van der Waals surface area contributed by atoms with Gasteiger partial charge in [0, 0.05) is 5.69 Å². The van der Waals surface area contributed by atoms with E-state index in [1.54, 1.807) is 6.07 Å². The van der Waals surface area contributed by atoms with Crippen LogP contribution in [0.2, 0.25) is 0 Å². The van der Waals surface area contributed by atoms with Gasteiger partial charge >= 0.3 is 0 Å². The van der Waals surface area contributed by atoms with Crippen molar-refractivity contribution in [2.45, 2.75) is 6.54 Å². The highest BCUT2D eigenvalue weighted by atomic mass is 79.9. The van der Waals surface area contributed by atoms with Crippen LogP contribution in [0.5, 0.6) is 0 Å². The molecular formula is C12H10BrFN2O2. The second-order valence-electron chi connectivity index (χ2n) is 3.55. The van der Waals surface area contributed by atoms with E-state index in [4.69, 9.17) is 10.2 Å². The average Bonchev–Trinajstić information content (AvgIpc) is 2.82. The van der Waals surface area contributed by atoms with E-state index >= 15 is 0 Å². The molecule has 3 N–H and O–H groups in total. The van der Waals surface area contributed by atoms with Gasteiger partial charge in [-0.2, -0.15) is 0 Å². The summed E-state index contributed by atoms with van der Waals surface area (Å²) < 4.78 is 18.5. The van der Waals surface area contributed by atoms with Crippen molar-refractivity contribution in [2.75, 3.05) is 5.32 Å². The van der Waals surface area contributed by atoms with Gasteiger partial charge in [0.25, 0.3) is 5.91 Å². The molecule has 0 bridgehead atoms. The number of carbonyl (C=O) groups is 1. The summed E-state index contributed by atoms with van der Waals surface area (Å²) in [7, 11) is 0. The summed E-state index contributed by atoms with van der Waals surface area (Å²) in [6.07, 6.45) is 0. The van der Waals surface area contributed by atoms with Crippen LogP contribution in [-0.4, -0.2) is 5.91 Å². The maximum atomic E-state index is 13.0. The number of nitrogens with two attached hydrogens (primary N) is 1. The molecule has 0 saturated carbocycles. The molecule has 0 atom stereocenters. The van der Waals surface area contributed by atoms with E-state index in [2.05, 4.69) is 21.2 Å². The van der Waals surface area contributed by atoms with E-state index in [1.165, 1.54) is 24.3 Å². The average molecular weight is 313 g/mol. The Bertz CT molecular complexity index is 583. The van der Waals surface area contributed by atoms with E-state index in [0.717, 1.165) is 0 Å². The van der Waals surface area contributed by atoms with Crippen LogP contribution in [0.1, 0.15) is 16.3 Å². The molecule has 0 fully saturated rings. The SMILES string of the molecule is NCc1ccc(C(=O)Nc2ccc(F)c(Br)c2)o1. The van der Waals surface area contributed by atoms with Crippen molar-refractivity contribution >= 4 is 27.5 Å². The Hall–Kier alpha value is -1.66. The molecule has 0 radical (unpaired) electrons. The Kier molecular flexibility index (Phi) is 3.78. The molecule has 1 heterocycles. The first-order chi connectivity index (χ1) is 8.60. The van der Waals surface area contributed by atoms with E-state index in [1.807, 2.05) is 0 Å². The van der Waals surface area contributed by atoms with Crippen LogP contribution >= 0.6 is 15.9 Å². The molecule has 0 aliphatic rings. The molecule has 1 aromatic heterocycles. The van der Waals surface area contributed by atoms with Gasteiger partial charge in [-0.15, -0.1) is 0 Å². The largest absolute Gasteiger partial charge is 0.455 e. The summed E-state index contributed by atoms with van der Waals surface area (Å²) in [5.41, 5.74) is 5.85. The second kappa shape index (κ2) is 5.32. The van der Waals surface area contributed by atoms with Crippen molar-refractivity contribution in [1.82, 2.24) is 0 Å². The Morgan fingerprint density at radius 3 is 2.78 bits per heavy atom. The van der Waals surface area contributed by atoms with E-state index < -0.39 is 11.7 Å². The zero-order valence-corrected chi connectivity index (χ0v) is 10.8. The summed E-state index contributed by atoms with van der Waals surface area (Å²) in [4.78, 5) is 11.8. The van der Waals surface area contributed by atoms with Crippen molar-refractivity contribution in [3.05, 3.63) is 52.1 Å². The van der Waals surface area contributed by atoms with Crippen LogP contribution in [-0.2, 0) is 6.54 Å². The molecule has 2 aromatic rings. The van der Waals surface area contributed by atoms with Gasteiger partial charge in [-0.25, -0.2) is 4.39 Å². The highest BCUT2D eigenvalue weighted by Crippen LogP contribution is 2.20. The van der Waals surface area contributed by atoms with Crippen LogP contribution < -0.4 is 11.1 Å². The van der Waals surface area contributed by atoms with Crippen molar-refractivity contribution in [3.63, 3.8) is 0 Å². The third kappa shape index (κ3) is 2.77. The molecule has 0 aliphatic heterocycles. The minimum absolute atomic E-state index is 0.163. The topological polar surface area (TPSA) is 68.3 Å². The van der Waals surface area contributed by atoms with Crippen LogP contribution in [0, 0.1) is 5.82 Å². The predicted molar refractivity (Wildman–Crippen MR) is 68.7 cm³/mol. The van der Waals surface area contributed by atoms with Crippen LogP contribution in [0.3, 0.4) is 0 Å². The third-order valence-corrected chi connectivity index (χ3v) is 2.87. The molecule has 0 unspecified atom stereocenters. The van der Waals surface area contributed by atoms with Crippen molar-refractivity contribution < 1.29 is 13.6 Å². The molecule has 0 spiro atoms. The van der Waals surface area contributed by atoms with Crippen molar-refractivity contribution in [1.29, 1.82) is 0 Å². The van der Waals surface area contributed by atoms with Gasteiger partial charge in [-0.3, -0.25) is 4.79 Å².